The molecule has 0 bridgehead atoms. The minimum atomic E-state index is -3.57. The summed E-state index contributed by atoms with van der Waals surface area (Å²) < 4.78 is 30.7. The van der Waals surface area contributed by atoms with Crippen molar-refractivity contribution in [1.29, 1.82) is 0 Å². The molecule has 26 heavy (non-hydrogen) atoms. The van der Waals surface area contributed by atoms with Crippen LogP contribution in [0.3, 0.4) is 0 Å². The third-order valence-electron chi connectivity index (χ3n) is 3.52. The molecule has 0 heterocycles. The number of carbonyl (C=O) groups excluding carboxylic acids is 1. The van der Waals surface area contributed by atoms with Crippen molar-refractivity contribution in [2.45, 2.75) is 13.5 Å². The van der Waals surface area contributed by atoms with Gasteiger partial charge in [-0.2, -0.15) is 4.31 Å². The van der Waals surface area contributed by atoms with Crippen molar-refractivity contribution in [1.82, 2.24) is 4.31 Å². The number of rotatable bonds is 8. The summed E-state index contributed by atoms with van der Waals surface area (Å²) in [5.41, 5.74) is 1.24. The Kier molecular flexibility index (Phi) is 7.02. The van der Waals surface area contributed by atoms with Gasteiger partial charge in [0.15, 0.2) is 0 Å². The second-order valence-corrected chi connectivity index (χ2v) is 8.05. The molecule has 8 heteroatoms. The van der Waals surface area contributed by atoms with Gasteiger partial charge in [-0.05, 0) is 36.8 Å². The van der Waals surface area contributed by atoms with Crippen molar-refractivity contribution in [2.24, 2.45) is 0 Å². The number of benzene rings is 2. The fourth-order valence-electron chi connectivity index (χ4n) is 2.29. The standard InChI is InChI=1S/C18H21ClN2O4S/c1-3-25-17-7-5-4-6-16(17)20-18(22)13-21(26(2,23)24)12-14-8-10-15(19)11-9-14/h4-11H,3,12-13H2,1-2H3,(H,20,22). The number of hydrogen-bond acceptors (Lipinski definition) is 4. The molecule has 0 aliphatic carbocycles. The lowest BCUT2D eigenvalue weighted by Gasteiger charge is -2.20. The summed E-state index contributed by atoms with van der Waals surface area (Å²) in [6, 6.07) is 13.8. The summed E-state index contributed by atoms with van der Waals surface area (Å²) in [5, 5.41) is 3.26. The number of sulfonamides is 1. The number of hydrogen-bond donors (Lipinski definition) is 1. The van der Waals surface area contributed by atoms with Gasteiger partial charge in [-0.3, -0.25) is 4.79 Å². The number of nitrogens with one attached hydrogen (secondary N) is 1. The van der Waals surface area contributed by atoms with Gasteiger partial charge in [0.2, 0.25) is 15.9 Å². The lowest BCUT2D eigenvalue weighted by Crippen LogP contribution is -2.36. The molecule has 0 aliphatic heterocycles. The summed E-state index contributed by atoms with van der Waals surface area (Å²) in [6.45, 7) is 2.08. The molecule has 0 radical (unpaired) electrons. The fourth-order valence-corrected chi connectivity index (χ4v) is 3.15. The minimum absolute atomic E-state index is 0.0799. The highest BCUT2D eigenvalue weighted by Gasteiger charge is 2.21. The molecular formula is C18H21ClN2O4S. The summed E-state index contributed by atoms with van der Waals surface area (Å²) in [5.74, 6) is 0.0866. The Bertz CT molecular complexity index is 854. The van der Waals surface area contributed by atoms with Gasteiger partial charge in [-0.25, -0.2) is 8.42 Å². The van der Waals surface area contributed by atoms with E-state index < -0.39 is 15.9 Å². The van der Waals surface area contributed by atoms with E-state index in [-0.39, 0.29) is 13.1 Å². The molecule has 1 N–H and O–H groups in total. The van der Waals surface area contributed by atoms with E-state index in [1.54, 1.807) is 48.5 Å². The Morgan fingerprint density at radius 1 is 1.15 bits per heavy atom. The van der Waals surface area contributed by atoms with Crippen LogP contribution in [0.1, 0.15) is 12.5 Å². The second kappa shape index (κ2) is 9.02. The Morgan fingerprint density at radius 2 is 1.81 bits per heavy atom. The van der Waals surface area contributed by atoms with Gasteiger partial charge in [-0.15, -0.1) is 0 Å². The van der Waals surface area contributed by atoms with Gasteiger partial charge in [0.1, 0.15) is 5.75 Å². The molecule has 0 saturated carbocycles. The molecule has 140 valence electrons. The summed E-state index contributed by atoms with van der Waals surface area (Å²) in [6.07, 6.45) is 1.07. The average molecular weight is 397 g/mol. The number of halogens is 1. The number of ether oxygens (including phenoxy) is 1. The third kappa shape index (κ3) is 6.01. The molecule has 0 saturated heterocycles. The maximum atomic E-state index is 12.4. The van der Waals surface area contributed by atoms with E-state index in [0.717, 1.165) is 16.1 Å². The first kappa shape index (κ1) is 20.2. The zero-order valence-corrected chi connectivity index (χ0v) is 16.2. The first-order valence-electron chi connectivity index (χ1n) is 8.01. The Labute approximate surface area is 158 Å². The molecule has 6 nitrogen and oxygen atoms in total. The van der Waals surface area contributed by atoms with Crippen LogP contribution < -0.4 is 10.1 Å². The highest BCUT2D eigenvalue weighted by atomic mass is 35.5. The molecule has 0 fully saturated rings. The first-order chi connectivity index (χ1) is 12.3. The lowest BCUT2D eigenvalue weighted by molar-refractivity contribution is -0.116. The van der Waals surface area contributed by atoms with Crippen LogP contribution in [0.15, 0.2) is 48.5 Å². The van der Waals surface area contributed by atoms with Gasteiger partial charge < -0.3 is 10.1 Å². The number of carbonyl (C=O) groups is 1. The molecular weight excluding hydrogens is 376 g/mol. The predicted molar refractivity (Wildman–Crippen MR) is 103 cm³/mol. The smallest absolute Gasteiger partial charge is 0.239 e. The van der Waals surface area contributed by atoms with Gasteiger partial charge in [-0.1, -0.05) is 35.9 Å². The molecule has 0 aromatic heterocycles. The van der Waals surface area contributed by atoms with Crippen molar-refractivity contribution in [3.8, 4) is 5.75 Å². The van der Waals surface area contributed by atoms with Crippen LogP contribution >= 0.6 is 11.6 Å². The van der Waals surface area contributed by atoms with Crippen molar-refractivity contribution in [3.05, 3.63) is 59.1 Å². The largest absolute Gasteiger partial charge is 0.492 e. The SMILES string of the molecule is CCOc1ccccc1NC(=O)CN(Cc1ccc(Cl)cc1)S(C)(=O)=O. The minimum Gasteiger partial charge on any atom is -0.492 e. The normalized spacial score (nSPS) is 11.4. The average Bonchev–Trinajstić information content (AvgIpc) is 2.57. The van der Waals surface area contributed by atoms with E-state index in [1.165, 1.54) is 0 Å². The Morgan fingerprint density at radius 3 is 2.42 bits per heavy atom. The van der Waals surface area contributed by atoms with E-state index in [1.807, 2.05) is 6.92 Å². The van der Waals surface area contributed by atoms with E-state index in [4.69, 9.17) is 16.3 Å². The number of anilines is 1. The van der Waals surface area contributed by atoms with Crippen molar-refractivity contribution >= 4 is 33.2 Å². The summed E-state index contributed by atoms with van der Waals surface area (Å²) in [4.78, 5) is 12.4. The van der Waals surface area contributed by atoms with Crippen molar-refractivity contribution < 1.29 is 17.9 Å². The maximum absolute atomic E-state index is 12.4. The van der Waals surface area contributed by atoms with Gasteiger partial charge >= 0.3 is 0 Å². The predicted octanol–water partition coefficient (Wildman–Crippen LogP) is 3.14. The molecule has 1 amide bonds. The lowest BCUT2D eigenvalue weighted by atomic mass is 10.2. The highest BCUT2D eigenvalue weighted by molar-refractivity contribution is 7.88. The summed E-state index contributed by atoms with van der Waals surface area (Å²) >= 11 is 5.85. The fraction of sp³-hybridized carbons (Fsp3) is 0.278. The van der Waals surface area contributed by atoms with E-state index in [9.17, 15) is 13.2 Å². The van der Waals surface area contributed by atoms with Crippen LogP contribution in [0.4, 0.5) is 5.69 Å². The maximum Gasteiger partial charge on any atom is 0.239 e. The van der Waals surface area contributed by atoms with E-state index >= 15 is 0 Å². The topological polar surface area (TPSA) is 75.7 Å². The van der Waals surface area contributed by atoms with Crippen LogP contribution in [0.2, 0.25) is 5.02 Å². The first-order valence-corrected chi connectivity index (χ1v) is 10.2. The molecule has 2 aromatic carbocycles. The van der Waals surface area contributed by atoms with Crippen LogP contribution in [-0.2, 0) is 21.4 Å². The van der Waals surface area contributed by atoms with Gasteiger partial charge in [0.25, 0.3) is 0 Å². The molecule has 0 spiro atoms. The van der Waals surface area contributed by atoms with E-state index in [2.05, 4.69) is 5.32 Å². The molecule has 0 aliphatic rings. The van der Waals surface area contributed by atoms with E-state index in [0.29, 0.717) is 23.1 Å². The highest BCUT2D eigenvalue weighted by Crippen LogP contribution is 2.23. The number of nitrogens with zero attached hydrogens (tertiary/aromatic N) is 1. The Balaban J connectivity index is 2.11. The van der Waals surface area contributed by atoms with Gasteiger partial charge in [0.05, 0.1) is 25.1 Å². The van der Waals surface area contributed by atoms with Crippen LogP contribution in [-0.4, -0.2) is 38.0 Å². The Hall–Kier alpha value is -2.09. The second-order valence-electron chi connectivity index (χ2n) is 5.63. The molecule has 2 aromatic rings. The van der Waals surface area contributed by atoms with Crippen molar-refractivity contribution in [3.63, 3.8) is 0 Å². The van der Waals surface area contributed by atoms with Crippen LogP contribution in [0.5, 0.6) is 5.75 Å². The van der Waals surface area contributed by atoms with Gasteiger partial charge in [0, 0.05) is 11.6 Å². The molecule has 0 atom stereocenters. The monoisotopic (exact) mass is 396 g/mol. The zero-order valence-electron chi connectivity index (χ0n) is 14.6. The summed E-state index contributed by atoms with van der Waals surface area (Å²) in [7, 11) is -3.57. The third-order valence-corrected chi connectivity index (χ3v) is 4.97. The number of amides is 1. The van der Waals surface area contributed by atoms with Crippen LogP contribution in [0.25, 0.3) is 0 Å². The quantitative estimate of drug-likeness (QED) is 0.743. The van der Waals surface area contributed by atoms with Crippen LogP contribution in [0, 0.1) is 0 Å². The zero-order chi connectivity index (χ0) is 19.2. The molecule has 0 unspecified atom stereocenters. The van der Waals surface area contributed by atoms with Crippen molar-refractivity contribution in [2.75, 3.05) is 24.7 Å². The number of para-hydroxylation sites is 2. The molecule has 2 rings (SSSR count).